The summed E-state index contributed by atoms with van der Waals surface area (Å²) in [5.41, 5.74) is 8.19. The molecule has 1 unspecified atom stereocenters. The number of guanidine groups is 1. The van der Waals surface area contributed by atoms with Gasteiger partial charge in [-0.1, -0.05) is 18.2 Å². The maximum absolute atomic E-state index is 9.52. The molecule has 1 aliphatic rings. The molecule has 1 atom stereocenters. The summed E-state index contributed by atoms with van der Waals surface area (Å²) in [5, 5.41) is 17.5. The summed E-state index contributed by atoms with van der Waals surface area (Å²) in [6.07, 6.45) is 2.58. The van der Waals surface area contributed by atoms with Crippen LogP contribution in [0.1, 0.15) is 24.1 Å². The Balaban J connectivity index is 1.55. The van der Waals surface area contributed by atoms with Gasteiger partial charge in [-0.2, -0.15) is 10.4 Å². The van der Waals surface area contributed by atoms with Crippen molar-refractivity contribution in [2.75, 3.05) is 46.1 Å². The van der Waals surface area contributed by atoms with Gasteiger partial charge in [0.05, 0.1) is 18.0 Å². The number of nitrogen functional groups attached to an aromatic ring is 1. The SMILES string of the molecule is CN=C(NCCCc1nn(-c2ccccc2)c(N)c1C#N)N(C)CC1CCOC1. The van der Waals surface area contributed by atoms with Crippen LogP contribution in [0.3, 0.4) is 0 Å². The second-order valence-electron chi connectivity index (χ2n) is 7.25. The van der Waals surface area contributed by atoms with Gasteiger partial charge in [0, 0.05) is 39.7 Å². The number of rotatable bonds is 7. The first-order valence-corrected chi connectivity index (χ1v) is 9.96. The molecule has 0 bridgehead atoms. The Hall–Kier alpha value is -3.05. The fourth-order valence-electron chi connectivity index (χ4n) is 3.58. The standard InChI is InChI=1S/C21H29N7O/c1-24-21(27(2)14-16-10-12-29-15-16)25-11-6-9-19-18(13-22)20(23)28(26-19)17-7-4-3-5-8-17/h3-5,7-8,16H,6,9-12,14-15,23H2,1-2H3,(H,24,25). The number of aryl methyl sites for hydroxylation is 1. The molecule has 2 aromatic rings. The molecule has 0 aliphatic carbocycles. The third kappa shape index (κ3) is 5.06. The number of hydrogen-bond acceptors (Lipinski definition) is 5. The Labute approximate surface area is 172 Å². The van der Waals surface area contributed by atoms with Crippen molar-refractivity contribution < 1.29 is 4.74 Å². The largest absolute Gasteiger partial charge is 0.382 e. The third-order valence-electron chi connectivity index (χ3n) is 5.11. The maximum atomic E-state index is 9.52. The van der Waals surface area contributed by atoms with Crippen molar-refractivity contribution in [3.8, 4) is 11.8 Å². The van der Waals surface area contributed by atoms with E-state index in [1.165, 1.54) is 0 Å². The highest BCUT2D eigenvalue weighted by atomic mass is 16.5. The van der Waals surface area contributed by atoms with E-state index in [4.69, 9.17) is 10.5 Å². The minimum absolute atomic E-state index is 0.385. The molecule has 0 amide bonds. The number of nitrogens with one attached hydrogen (secondary N) is 1. The Morgan fingerprint density at radius 1 is 1.45 bits per heavy atom. The molecule has 0 spiro atoms. The predicted octanol–water partition coefficient (Wildman–Crippen LogP) is 1.80. The van der Waals surface area contributed by atoms with Crippen LogP contribution in [-0.2, 0) is 11.2 Å². The molecular weight excluding hydrogens is 366 g/mol. The molecule has 2 heterocycles. The number of ether oxygens (including phenoxy) is 1. The lowest BCUT2D eigenvalue weighted by molar-refractivity contribution is 0.181. The van der Waals surface area contributed by atoms with Crippen molar-refractivity contribution in [1.29, 1.82) is 5.26 Å². The summed E-state index contributed by atoms with van der Waals surface area (Å²) in [6.45, 7) is 3.34. The molecule has 8 nitrogen and oxygen atoms in total. The van der Waals surface area contributed by atoms with Gasteiger partial charge in [-0.3, -0.25) is 4.99 Å². The highest BCUT2D eigenvalue weighted by Gasteiger charge is 2.19. The van der Waals surface area contributed by atoms with Gasteiger partial charge in [-0.15, -0.1) is 0 Å². The average molecular weight is 396 g/mol. The van der Waals surface area contributed by atoms with Gasteiger partial charge in [0.1, 0.15) is 17.5 Å². The second-order valence-corrected chi connectivity index (χ2v) is 7.25. The molecule has 1 aromatic heterocycles. The monoisotopic (exact) mass is 395 g/mol. The highest BCUT2D eigenvalue weighted by molar-refractivity contribution is 5.79. The van der Waals surface area contributed by atoms with Crippen LogP contribution < -0.4 is 11.1 Å². The summed E-state index contributed by atoms with van der Waals surface area (Å²) in [7, 11) is 3.84. The zero-order valence-corrected chi connectivity index (χ0v) is 17.1. The molecular formula is C21H29N7O. The minimum Gasteiger partial charge on any atom is -0.382 e. The smallest absolute Gasteiger partial charge is 0.193 e. The first-order valence-electron chi connectivity index (χ1n) is 9.96. The average Bonchev–Trinajstić information content (AvgIpc) is 3.36. The molecule has 29 heavy (non-hydrogen) atoms. The third-order valence-corrected chi connectivity index (χ3v) is 5.11. The molecule has 0 radical (unpaired) electrons. The fourth-order valence-corrected chi connectivity index (χ4v) is 3.58. The number of hydrogen-bond donors (Lipinski definition) is 2. The number of aromatic nitrogens is 2. The normalized spacial score (nSPS) is 16.6. The number of anilines is 1. The van der Waals surface area contributed by atoms with Gasteiger partial charge in [0.15, 0.2) is 5.96 Å². The first kappa shape index (κ1) is 20.7. The van der Waals surface area contributed by atoms with E-state index < -0.39 is 0 Å². The van der Waals surface area contributed by atoms with Crippen LogP contribution in [0.5, 0.6) is 0 Å². The lowest BCUT2D eigenvalue weighted by Gasteiger charge is -2.24. The lowest BCUT2D eigenvalue weighted by atomic mass is 10.1. The van der Waals surface area contributed by atoms with E-state index in [0.29, 0.717) is 23.7 Å². The summed E-state index contributed by atoms with van der Waals surface area (Å²) in [5.74, 6) is 1.81. The minimum atomic E-state index is 0.385. The van der Waals surface area contributed by atoms with Crippen LogP contribution in [0.2, 0.25) is 0 Å². The van der Waals surface area contributed by atoms with Gasteiger partial charge in [0.2, 0.25) is 0 Å². The van der Waals surface area contributed by atoms with E-state index >= 15 is 0 Å². The van der Waals surface area contributed by atoms with Crippen LogP contribution in [0.15, 0.2) is 35.3 Å². The Morgan fingerprint density at radius 3 is 2.90 bits per heavy atom. The lowest BCUT2D eigenvalue weighted by Crippen LogP contribution is -2.41. The molecule has 3 N–H and O–H groups in total. The number of para-hydroxylation sites is 1. The van der Waals surface area contributed by atoms with Crippen molar-refractivity contribution in [2.45, 2.75) is 19.3 Å². The van der Waals surface area contributed by atoms with Crippen LogP contribution in [0.4, 0.5) is 5.82 Å². The summed E-state index contributed by atoms with van der Waals surface area (Å²) in [4.78, 5) is 6.51. The van der Waals surface area contributed by atoms with Crippen molar-refractivity contribution in [3.05, 3.63) is 41.6 Å². The number of nitrogens with two attached hydrogens (primary N) is 1. The molecule has 1 aromatic carbocycles. The van der Waals surface area contributed by atoms with Crippen LogP contribution in [-0.4, -0.2) is 61.0 Å². The van der Waals surface area contributed by atoms with Crippen LogP contribution in [0.25, 0.3) is 5.69 Å². The summed E-state index contributed by atoms with van der Waals surface area (Å²) in [6, 6.07) is 11.8. The summed E-state index contributed by atoms with van der Waals surface area (Å²) < 4.78 is 7.09. The fraction of sp³-hybridized carbons (Fsp3) is 0.476. The van der Waals surface area contributed by atoms with Gasteiger partial charge in [-0.05, 0) is 31.4 Å². The number of nitriles is 1. The molecule has 1 aliphatic heterocycles. The maximum Gasteiger partial charge on any atom is 0.193 e. The summed E-state index contributed by atoms with van der Waals surface area (Å²) >= 11 is 0. The number of benzene rings is 1. The second kappa shape index (κ2) is 9.94. The Kier molecular flexibility index (Phi) is 7.09. The van der Waals surface area contributed by atoms with E-state index in [9.17, 15) is 5.26 Å². The van der Waals surface area contributed by atoms with E-state index in [1.54, 1.807) is 11.7 Å². The van der Waals surface area contributed by atoms with Gasteiger partial charge < -0.3 is 20.7 Å². The quantitative estimate of drug-likeness (QED) is 0.421. The van der Waals surface area contributed by atoms with Crippen molar-refractivity contribution in [2.24, 2.45) is 10.9 Å². The molecule has 154 valence electrons. The van der Waals surface area contributed by atoms with E-state index in [2.05, 4.69) is 26.4 Å². The molecule has 0 saturated carbocycles. The molecule has 1 fully saturated rings. The van der Waals surface area contributed by atoms with Gasteiger partial charge >= 0.3 is 0 Å². The van der Waals surface area contributed by atoms with E-state index in [-0.39, 0.29) is 0 Å². The Bertz CT molecular complexity index is 863. The van der Waals surface area contributed by atoms with E-state index in [0.717, 1.165) is 56.5 Å². The van der Waals surface area contributed by atoms with Gasteiger partial charge in [0.25, 0.3) is 0 Å². The van der Waals surface area contributed by atoms with Crippen molar-refractivity contribution in [1.82, 2.24) is 20.0 Å². The molecule has 1 saturated heterocycles. The van der Waals surface area contributed by atoms with Gasteiger partial charge in [-0.25, -0.2) is 4.68 Å². The zero-order chi connectivity index (χ0) is 20.6. The Morgan fingerprint density at radius 2 is 2.24 bits per heavy atom. The van der Waals surface area contributed by atoms with Crippen molar-refractivity contribution in [3.63, 3.8) is 0 Å². The van der Waals surface area contributed by atoms with Crippen molar-refractivity contribution >= 4 is 11.8 Å². The number of nitrogens with zero attached hydrogens (tertiary/aromatic N) is 5. The molecule has 3 rings (SSSR count). The number of aliphatic imine (C=N–C) groups is 1. The molecule has 8 heteroatoms. The highest BCUT2D eigenvalue weighted by Crippen LogP contribution is 2.21. The first-order chi connectivity index (χ1) is 14.1. The van der Waals surface area contributed by atoms with Crippen LogP contribution >= 0.6 is 0 Å². The predicted molar refractivity (Wildman–Crippen MR) is 114 cm³/mol. The van der Waals surface area contributed by atoms with Crippen LogP contribution in [0, 0.1) is 17.2 Å². The van der Waals surface area contributed by atoms with E-state index in [1.807, 2.05) is 37.4 Å². The topological polar surface area (TPSA) is 104 Å². The zero-order valence-electron chi connectivity index (χ0n) is 17.1.